The van der Waals surface area contributed by atoms with Crippen molar-refractivity contribution >= 4 is 45.8 Å². The summed E-state index contributed by atoms with van der Waals surface area (Å²) in [5.41, 5.74) is 6.44. The Bertz CT molecular complexity index is 620. The van der Waals surface area contributed by atoms with Crippen molar-refractivity contribution in [3.05, 3.63) is 28.7 Å². The zero-order chi connectivity index (χ0) is 16.4. The number of benzene rings is 1. The summed E-state index contributed by atoms with van der Waals surface area (Å²) in [7, 11) is 0. The number of rotatable bonds is 4. The van der Waals surface area contributed by atoms with Crippen LogP contribution in [0.25, 0.3) is 0 Å². The van der Waals surface area contributed by atoms with Gasteiger partial charge in [0.25, 0.3) is 0 Å². The molecular weight excluding hydrogens is 394 g/mol. The van der Waals surface area contributed by atoms with Crippen LogP contribution in [0, 0.1) is 5.92 Å². The van der Waals surface area contributed by atoms with Gasteiger partial charge in [0, 0.05) is 24.0 Å². The van der Waals surface area contributed by atoms with Crippen LogP contribution in [0.2, 0.25) is 0 Å². The van der Waals surface area contributed by atoms with Crippen LogP contribution in [0.15, 0.2) is 28.7 Å². The molecule has 1 heterocycles. The lowest BCUT2D eigenvalue weighted by molar-refractivity contribution is -0.127. The molecule has 3 rings (SSSR count). The Morgan fingerprint density at radius 1 is 1.33 bits per heavy atom. The fourth-order valence-electron chi connectivity index (χ4n) is 3.58. The molecule has 5 nitrogen and oxygen atoms in total. The SMILES string of the molecule is Cl.NCC1(NC(=O)C2CC(=O)N(c3ccccc3Br)C2)CCCC1. The van der Waals surface area contributed by atoms with Gasteiger partial charge in [0.05, 0.1) is 17.1 Å². The standard InChI is InChI=1S/C17H22BrN3O2.ClH/c18-13-5-1-2-6-14(13)21-10-12(9-15(21)22)16(23)20-17(11-19)7-3-4-8-17;/h1-2,5-6,12H,3-4,7-11,19H2,(H,20,23);1H. The van der Waals surface area contributed by atoms with Crippen molar-refractivity contribution in [2.45, 2.75) is 37.6 Å². The van der Waals surface area contributed by atoms with E-state index in [4.69, 9.17) is 5.73 Å². The molecule has 7 heteroatoms. The normalized spacial score (nSPS) is 22.3. The molecule has 0 bridgehead atoms. The Morgan fingerprint density at radius 3 is 2.62 bits per heavy atom. The molecule has 1 aromatic carbocycles. The minimum absolute atomic E-state index is 0. The number of anilines is 1. The quantitative estimate of drug-likeness (QED) is 0.792. The molecule has 1 aliphatic carbocycles. The molecule has 1 aliphatic heterocycles. The Morgan fingerprint density at radius 2 is 2.00 bits per heavy atom. The summed E-state index contributed by atoms with van der Waals surface area (Å²) in [6, 6.07) is 7.59. The lowest BCUT2D eigenvalue weighted by Crippen LogP contribution is -2.53. The second-order valence-electron chi connectivity index (χ2n) is 6.54. The van der Waals surface area contributed by atoms with E-state index in [1.165, 1.54) is 0 Å². The molecule has 1 unspecified atom stereocenters. The van der Waals surface area contributed by atoms with Crippen LogP contribution in [0.3, 0.4) is 0 Å². The summed E-state index contributed by atoms with van der Waals surface area (Å²) in [6.07, 6.45) is 4.33. The van der Waals surface area contributed by atoms with Gasteiger partial charge in [-0.1, -0.05) is 25.0 Å². The number of carbonyl (C=O) groups is 2. The van der Waals surface area contributed by atoms with Gasteiger partial charge in [-0.2, -0.15) is 0 Å². The first kappa shape index (κ1) is 19.2. The number of hydrogen-bond donors (Lipinski definition) is 2. The summed E-state index contributed by atoms with van der Waals surface area (Å²) in [5, 5.41) is 3.14. The van der Waals surface area contributed by atoms with Crippen LogP contribution in [0.1, 0.15) is 32.1 Å². The highest BCUT2D eigenvalue weighted by Crippen LogP contribution is 2.33. The molecule has 2 amide bonds. The first-order valence-corrected chi connectivity index (χ1v) is 8.91. The number of nitrogens with zero attached hydrogens (tertiary/aromatic N) is 1. The summed E-state index contributed by atoms with van der Waals surface area (Å²) in [6.45, 7) is 0.890. The van der Waals surface area contributed by atoms with Gasteiger partial charge >= 0.3 is 0 Å². The van der Waals surface area contributed by atoms with Gasteiger partial charge in [0.2, 0.25) is 11.8 Å². The monoisotopic (exact) mass is 415 g/mol. The van der Waals surface area contributed by atoms with Gasteiger partial charge in [-0.15, -0.1) is 12.4 Å². The predicted molar refractivity (Wildman–Crippen MR) is 100 cm³/mol. The average Bonchev–Trinajstić information content (AvgIpc) is 3.15. The van der Waals surface area contributed by atoms with Crippen LogP contribution < -0.4 is 16.0 Å². The highest BCUT2D eigenvalue weighted by Gasteiger charge is 2.40. The third-order valence-corrected chi connectivity index (χ3v) is 5.65. The summed E-state index contributed by atoms with van der Waals surface area (Å²) in [4.78, 5) is 26.6. The number of amides is 2. The first-order chi connectivity index (χ1) is 11.0. The topological polar surface area (TPSA) is 75.4 Å². The zero-order valence-electron chi connectivity index (χ0n) is 13.5. The van der Waals surface area contributed by atoms with Crippen LogP contribution in [-0.4, -0.2) is 30.4 Å². The van der Waals surface area contributed by atoms with E-state index in [1.54, 1.807) is 4.90 Å². The molecule has 24 heavy (non-hydrogen) atoms. The zero-order valence-corrected chi connectivity index (χ0v) is 15.9. The first-order valence-electron chi connectivity index (χ1n) is 8.12. The van der Waals surface area contributed by atoms with Crippen molar-refractivity contribution in [1.29, 1.82) is 0 Å². The average molecular weight is 417 g/mol. The molecule has 1 saturated carbocycles. The van der Waals surface area contributed by atoms with Gasteiger partial charge in [-0.25, -0.2) is 0 Å². The highest BCUT2D eigenvalue weighted by molar-refractivity contribution is 9.10. The number of halogens is 2. The second-order valence-corrected chi connectivity index (χ2v) is 7.39. The third kappa shape index (κ3) is 3.76. The van der Waals surface area contributed by atoms with Crippen LogP contribution in [-0.2, 0) is 9.59 Å². The van der Waals surface area contributed by atoms with Crippen molar-refractivity contribution in [2.24, 2.45) is 11.7 Å². The molecule has 2 aliphatic rings. The molecule has 1 aromatic rings. The van der Waals surface area contributed by atoms with E-state index in [-0.39, 0.29) is 42.1 Å². The third-order valence-electron chi connectivity index (χ3n) is 4.98. The Balaban J connectivity index is 0.00000208. The minimum atomic E-state index is -0.307. The van der Waals surface area contributed by atoms with Crippen molar-refractivity contribution in [3.8, 4) is 0 Å². The smallest absolute Gasteiger partial charge is 0.227 e. The molecule has 1 saturated heterocycles. The fourth-order valence-corrected chi connectivity index (χ4v) is 4.08. The van der Waals surface area contributed by atoms with Gasteiger partial charge in [-0.3, -0.25) is 9.59 Å². The molecule has 0 aromatic heterocycles. The van der Waals surface area contributed by atoms with Crippen molar-refractivity contribution < 1.29 is 9.59 Å². The second kappa shape index (κ2) is 7.85. The van der Waals surface area contributed by atoms with Gasteiger partial charge in [-0.05, 0) is 40.9 Å². The van der Waals surface area contributed by atoms with E-state index in [2.05, 4.69) is 21.2 Å². The number of carbonyl (C=O) groups excluding carboxylic acids is 2. The van der Waals surface area contributed by atoms with E-state index in [1.807, 2.05) is 24.3 Å². The molecule has 0 spiro atoms. The molecular formula is C17H23BrClN3O2. The maximum absolute atomic E-state index is 12.6. The highest BCUT2D eigenvalue weighted by atomic mass is 79.9. The van der Waals surface area contributed by atoms with Crippen LogP contribution in [0.5, 0.6) is 0 Å². The number of nitrogens with two attached hydrogens (primary N) is 1. The van der Waals surface area contributed by atoms with Crippen LogP contribution >= 0.6 is 28.3 Å². The lowest BCUT2D eigenvalue weighted by atomic mass is 9.96. The molecule has 3 N–H and O–H groups in total. The largest absolute Gasteiger partial charge is 0.349 e. The lowest BCUT2D eigenvalue weighted by Gasteiger charge is -2.30. The number of nitrogens with one attached hydrogen (secondary N) is 1. The van der Waals surface area contributed by atoms with Crippen molar-refractivity contribution in [2.75, 3.05) is 18.0 Å². The Kier molecular flexibility index (Phi) is 6.28. The Hall–Kier alpha value is -1.11. The predicted octanol–water partition coefficient (Wildman–Crippen LogP) is 2.61. The molecule has 132 valence electrons. The number of hydrogen-bond acceptors (Lipinski definition) is 3. The van der Waals surface area contributed by atoms with E-state index in [0.717, 1.165) is 35.8 Å². The molecule has 1 atom stereocenters. The van der Waals surface area contributed by atoms with E-state index >= 15 is 0 Å². The summed E-state index contributed by atoms with van der Waals surface area (Å²) < 4.78 is 0.864. The van der Waals surface area contributed by atoms with E-state index in [0.29, 0.717) is 13.1 Å². The maximum Gasteiger partial charge on any atom is 0.227 e. The molecule has 0 radical (unpaired) electrons. The van der Waals surface area contributed by atoms with Crippen molar-refractivity contribution in [3.63, 3.8) is 0 Å². The van der Waals surface area contributed by atoms with Crippen LogP contribution in [0.4, 0.5) is 5.69 Å². The van der Waals surface area contributed by atoms with Gasteiger partial charge < -0.3 is 16.0 Å². The molecule has 2 fully saturated rings. The minimum Gasteiger partial charge on any atom is -0.349 e. The van der Waals surface area contributed by atoms with Gasteiger partial charge in [0.1, 0.15) is 0 Å². The van der Waals surface area contributed by atoms with Gasteiger partial charge in [0.15, 0.2) is 0 Å². The van der Waals surface area contributed by atoms with Crippen molar-refractivity contribution in [1.82, 2.24) is 5.32 Å². The summed E-state index contributed by atoms with van der Waals surface area (Å²) in [5.74, 6) is -0.357. The fraction of sp³-hybridized carbons (Fsp3) is 0.529. The van der Waals surface area contributed by atoms with E-state index in [9.17, 15) is 9.59 Å². The maximum atomic E-state index is 12.6. The summed E-state index contributed by atoms with van der Waals surface area (Å²) >= 11 is 3.47. The Labute approximate surface area is 156 Å². The van der Waals surface area contributed by atoms with E-state index < -0.39 is 0 Å². The number of para-hydroxylation sites is 1.